The normalized spacial score (nSPS) is 12.5. The van der Waals surface area contributed by atoms with Crippen LogP contribution in [0.1, 0.15) is 49.8 Å². The number of carbonyl (C=O) groups excluding carboxylic acids is 2. The largest absolute Gasteiger partial charge is 0.481 e. The molecule has 206 valence electrons. The van der Waals surface area contributed by atoms with E-state index in [2.05, 4.69) is 0 Å². The van der Waals surface area contributed by atoms with Crippen molar-refractivity contribution in [3.05, 3.63) is 108 Å². The zero-order valence-corrected chi connectivity index (χ0v) is 22.6. The lowest BCUT2D eigenvalue weighted by Gasteiger charge is -2.29. The maximum atomic E-state index is 13.9. The van der Waals surface area contributed by atoms with Gasteiger partial charge in [0.25, 0.3) is 5.91 Å². The molecule has 0 heterocycles. The molecule has 39 heavy (non-hydrogen) atoms. The third-order valence-electron chi connectivity index (χ3n) is 6.44. The molecular weight excluding hydrogens is 494 g/mol. The Hall–Kier alpha value is -3.97. The fourth-order valence-electron chi connectivity index (χ4n) is 4.46. The summed E-state index contributed by atoms with van der Waals surface area (Å²) in [7, 11) is 0. The van der Waals surface area contributed by atoms with Gasteiger partial charge in [0.1, 0.15) is 13.2 Å². The molecular formula is C32H37NO6. The van der Waals surface area contributed by atoms with Crippen molar-refractivity contribution >= 4 is 18.0 Å². The highest BCUT2D eigenvalue weighted by Gasteiger charge is 2.39. The molecule has 0 aliphatic carbocycles. The number of benzene rings is 3. The van der Waals surface area contributed by atoms with Crippen LogP contribution < -0.4 is 0 Å². The number of carboxylic acids is 1. The number of carboxylic acid groups (broad SMARTS) is 1. The van der Waals surface area contributed by atoms with Crippen molar-refractivity contribution in [1.82, 2.24) is 5.06 Å². The van der Waals surface area contributed by atoms with Crippen molar-refractivity contribution in [2.75, 3.05) is 0 Å². The van der Waals surface area contributed by atoms with Crippen LogP contribution in [-0.4, -0.2) is 28.1 Å². The summed E-state index contributed by atoms with van der Waals surface area (Å²) in [6.45, 7) is 3.73. The van der Waals surface area contributed by atoms with Crippen molar-refractivity contribution in [2.24, 2.45) is 17.8 Å². The van der Waals surface area contributed by atoms with Gasteiger partial charge in [0.15, 0.2) is 0 Å². The molecule has 0 saturated carbocycles. The van der Waals surface area contributed by atoms with Crippen LogP contribution in [0.2, 0.25) is 0 Å². The molecule has 0 aliphatic rings. The lowest BCUT2D eigenvalue weighted by atomic mass is 9.81. The minimum Gasteiger partial charge on any atom is -0.481 e. The van der Waals surface area contributed by atoms with Crippen LogP contribution in [0, 0.1) is 17.8 Å². The third-order valence-corrected chi connectivity index (χ3v) is 6.44. The van der Waals surface area contributed by atoms with Crippen LogP contribution in [0.4, 0.5) is 4.79 Å². The summed E-state index contributed by atoms with van der Waals surface area (Å²) in [5.41, 5.74) is 2.60. The smallest absolute Gasteiger partial charge is 0.441 e. The topological polar surface area (TPSA) is 93.1 Å². The predicted octanol–water partition coefficient (Wildman–Crippen LogP) is 6.67. The molecule has 2 unspecified atom stereocenters. The SMILES string of the molecule is CC(C)CC(C(=O)O)C(CCCc1ccccc1)C(=O)N(OCc1ccccc1)C(=O)OCc1ccccc1. The van der Waals surface area contributed by atoms with Gasteiger partial charge in [-0.25, -0.2) is 4.79 Å². The molecule has 3 rings (SSSR count). The number of carbonyl (C=O) groups is 3. The zero-order valence-electron chi connectivity index (χ0n) is 22.6. The summed E-state index contributed by atoms with van der Waals surface area (Å²) in [6, 6.07) is 28.1. The quantitative estimate of drug-likeness (QED) is 0.234. The van der Waals surface area contributed by atoms with Crippen LogP contribution in [0.5, 0.6) is 0 Å². The van der Waals surface area contributed by atoms with Crippen LogP contribution in [-0.2, 0) is 38.8 Å². The van der Waals surface area contributed by atoms with Gasteiger partial charge in [-0.1, -0.05) is 105 Å². The van der Waals surface area contributed by atoms with Crippen molar-refractivity contribution in [3.8, 4) is 0 Å². The first kappa shape index (κ1) is 29.6. The van der Waals surface area contributed by atoms with E-state index in [-0.39, 0.29) is 25.6 Å². The minimum atomic E-state index is -1.07. The third kappa shape index (κ3) is 9.69. The summed E-state index contributed by atoms with van der Waals surface area (Å²) >= 11 is 0. The molecule has 0 radical (unpaired) electrons. The van der Waals surface area contributed by atoms with E-state index >= 15 is 0 Å². The summed E-state index contributed by atoms with van der Waals surface area (Å²) in [6.07, 6.45) is 0.870. The first-order chi connectivity index (χ1) is 18.8. The van der Waals surface area contributed by atoms with Crippen molar-refractivity contribution in [3.63, 3.8) is 0 Å². The Kier molecular flexibility index (Phi) is 11.7. The van der Waals surface area contributed by atoms with Gasteiger partial charge in [-0.05, 0) is 48.3 Å². The van der Waals surface area contributed by atoms with Crippen molar-refractivity contribution in [2.45, 2.75) is 52.7 Å². The van der Waals surface area contributed by atoms with Gasteiger partial charge in [0, 0.05) is 0 Å². The number of hydrogen-bond acceptors (Lipinski definition) is 5. The molecule has 1 N–H and O–H groups in total. The molecule has 3 aromatic carbocycles. The van der Waals surface area contributed by atoms with Gasteiger partial charge in [0.2, 0.25) is 0 Å². The second-order valence-corrected chi connectivity index (χ2v) is 9.99. The number of rotatable bonds is 14. The Labute approximate surface area is 230 Å². The number of hydrogen-bond donors (Lipinski definition) is 1. The molecule has 0 aliphatic heterocycles. The number of aliphatic carboxylic acids is 1. The fraction of sp³-hybridized carbons (Fsp3) is 0.344. The summed E-state index contributed by atoms with van der Waals surface area (Å²) in [4.78, 5) is 45.2. The first-order valence-corrected chi connectivity index (χ1v) is 13.3. The molecule has 3 aromatic rings. The Balaban J connectivity index is 1.83. The Bertz CT molecular complexity index is 1170. The summed E-state index contributed by atoms with van der Waals surface area (Å²) in [5.74, 6) is -3.67. The zero-order chi connectivity index (χ0) is 28.0. The molecule has 7 heteroatoms. The molecule has 7 nitrogen and oxygen atoms in total. The van der Waals surface area contributed by atoms with Gasteiger partial charge in [-0.15, -0.1) is 5.06 Å². The molecule has 0 bridgehead atoms. The lowest BCUT2D eigenvalue weighted by Crippen LogP contribution is -2.45. The maximum absolute atomic E-state index is 13.9. The van der Waals surface area contributed by atoms with E-state index in [1.807, 2.05) is 92.7 Å². The summed E-state index contributed by atoms with van der Waals surface area (Å²) < 4.78 is 5.44. The van der Waals surface area contributed by atoms with E-state index in [4.69, 9.17) is 9.57 Å². The Morgan fingerprint density at radius 1 is 0.744 bits per heavy atom. The maximum Gasteiger partial charge on any atom is 0.441 e. The van der Waals surface area contributed by atoms with Gasteiger partial charge < -0.3 is 9.84 Å². The van der Waals surface area contributed by atoms with Crippen LogP contribution in [0.3, 0.4) is 0 Å². The average Bonchev–Trinajstić information content (AvgIpc) is 2.94. The van der Waals surface area contributed by atoms with Gasteiger partial charge in [-0.2, -0.15) is 0 Å². The van der Waals surface area contributed by atoms with Crippen molar-refractivity contribution < 1.29 is 29.1 Å². The average molecular weight is 532 g/mol. The van der Waals surface area contributed by atoms with Crippen molar-refractivity contribution in [1.29, 1.82) is 0 Å². The number of aryl methyl sites for hydroxylation is 1. The number of nitrogens with zero attached hydrogens (tertiary/aromatic N) is 1. The number of imide groups is 1. The van der Waals surface area contributed by atoms with Gasteiger partial charge >= 0.3 is 12.1 Å². The van der Waals surface area contributed by atoms with Crippen LogP contribution in [0.25, 0.3) is 0 Å². The minimum absolute atomic E-state index is 0.0410. The molecule has 0 spiro atoms. The highest BCUT2D eigenvalue weighted by molar-refractivity contribution is 5.94. The standard InChI is InChI=1S/C32H37NO6/c1-24(2)21-29(31(35)36)28(20-12-19-25-13-6-3-7-14-25)30(34)33(39-23-27-17-10-5-11-18-27)32(37)38-22-26-15-8-4-9-16-26/h3-11,13-18,24,28-29H,12,19-23H2,1-2H3,(H,35,36). The second kappa shape index (κ2) is 15.4. The van der Waals surface area contributed by atoms with Crippen LogP contribution >= 0.6 is 0 Å². The van der Waals surface area contributed by atoms with E-state index in [1.54, 1.807) is 12.1 Å². The highest BCUT2D eigenvalue weighted by atomic mass is 16.7. The Morgan fingerprint density at radius 3 is 1.77 bits per heavy atom. The first-order valence-electron chi connectivity index (χ1n) is 13.3. The van der Waals surface area contributed by atoms with E-state index in [9.17, 15) is 19.5 Å². The number of amides is 2. The summed E-state index contributed by atoms with van der Waals surface area (Å²) in [5, 5.41) is 10.7. The molecule has 0 aromatic heterocycles. The number of hydroxylamine groups is 2. The molecule has 0 fully saturated rings. The molecule has 2 amide bonds. The second-order valence-electron chi connectivity index (χ2n) is 9.99. The molecule has 0 saturated heterocycles. The Morgan fingerprint density at radius 2 is 1.26 bits per heavy atom. The fourth-order valence-corrected chi connectivity index (χ4v) is 4.46. The van der Waals surface area contributed by atoms with E-state index in [0.717, 1.165) is 16.7 Å². The van der Waals surface area contributed by atoms with E-state index < -0.39 is 29.8 Å². The van der Waals surface area contributed by atoms with E-state index in [0.29, 0.717) is 24.3 Å². The lowest BCUT2D eigenvalue weighted by molar-refractivity contribution is -0.187. The van der Waals surface area contributed by atoms with E-state index in [1.165, 1.54) is 0 Å². The van der Waals surface area contributed by atoms with Gasteiger partial charge in [0.05, 0.1) is 11.8 Å². The molecule has 2 atom stereocenters. The highest BCUT2D eigenvalue weighted by Crippen LogP contribution is 2.29. The predicted molar refractivity (Wildman–Crippen MR) is 148 cm³/mol. The monoisotopic (exact) mass is 531 g/mol. The number of ether oxygens (including phenoxy) is 1. The van der Waals surface area contributed by atoms with Gasteiger partial charge in [-0.3, -0.25) is 14.4 Å². The van der Waals surface area contributed by atoms with Crippen LogP contribution in [0.15, 0.2) is 91.0 Å².